The number of amides is 2. The second-order valence-corrected chi connectivity index (χ2v) is 4.21. The smallest absolute Gasteiger partial charge is 0.304 e. The van der Waals surface area contributed by atoms with Crippen molar-refractivity contribution in [2.24, 2.45) is 0 Å². The molecule has 0 unspecified atom stereocenters. The Morgan fingerprint density at radius 2 is 1.75 bits per heavy atom. The van der Waals surface area contributed by atoms with E-state index in [0.29, 0.717) is 10.7 Å². The minimum absolute atomic E-state index is 0.287. The minimum atomic E-state index is -0.381. The van der Waals surface area contributed by atoms with Crippen LogP contribution in [0.15, 0.2) is 12.1 Å². The van der Waals surface area contributed by atoms with Crippen LogP contribution in [0.3, 0.4) is 0 Å². The fourth-order valence-corrected chi connectivity index (χ4v) is 1.87. The van der Waals surface area contributed by atoms with E-state index in [-0.39, 0.29) is 16.1 Å². The van der Waals surface area contributed by atoms with Gasteiger partial charge in [0.25, 0.3) is 0 Å². The molecule has 0 aliphatic rings. The fourth-order valence-electron chi connectivity index (χ4n) is 0.954. The van der Waals surface area contributed by atoms with Gasteiger partial charge in [-0.05, 0) is 12.1 Å². The van der Waals surface area contributed by atoms with E-state index >= 15 is 0 Å². The Bertz CT molecular complexity index is 388. The van der Waals surface area contributed by atoms with Crippen molar-refractivity contribution in [1.29, 1.82) is 0 Å². The first-order valence-electron chi connectivity index (χ1n) is 4.32. The average molecular weight is 283 g/mol. The highest BCUT2D eigenvalue weighted by Gasteiger charge is 2.13. The summed E-state index contributed by atoms with van der Waals surface area (Å²) in [5.74, 6) is 0. The van der Waals surface area contributed by atoms with E-state index in [1.54, 1.807) is 14.1 Å². The van der Waals surface area contributed by atoms with Crippen molar-refractivity contribution in [1.82, 2.24) is 10.4 Å². The number of hydrogen-bond acceptors (Lipinski definition) is 2. The molecule has 0 heterocycles. The van der Waals surface area contributed by atoms with Gasteiger partial charge in [-0.1, -0.05) is 34.8 Å². The molecule has 1 aromatic rings. The summed E-state index contributed by atoms with van der Waals surface area (Å²) in [6.45, 7) is 0. The average Bonchev–Trinajstić information content (AvgIpc) is 2.21. The number of hydrazine groups is 1. The van der Waals surface area contributed by atoms with Gasteiger partial charge in [-0.2, -0.15) is 0 Å². The Labute approximate surface area is 108 Å². The van der Waals surface area contributed by atoms with Crippen LogP contribution in [0, 0.1) is 0 Å². The second-order valence-electron chi connectivity index (χ2n) is 2.96. The number of carbonyl (C=O) groups excluding carboxylic acids is 1. The van der Waals surface area contributed by atoms with E-state index in [1.807, 2.05) is 0 Å². The van der Waals surface area contributed by atoms with Gasteiger partial charge in [0.05, 0.1) is 15.7 Å². The topological polar surface area (TPSA) is 44.4 Å². The van der Waals surface area contributed by atoms with E-state index < -0.39 is 0 Å². The van der Waals surface area contributed by atoms with Gasteiger partial charge in [-0.3, -0.25) is 5.01 Å². The number of hydrogen-bond donors (Lipinski definition) is 2. The summed E-state index contributed by atoms with van der Waals surface area (Å²) >= 11 is 17.6. The maximum absolute atomic E-state index is 11.5. The molecule has 0 saturated heterocycles. The van der Waals surface area contributed by atoms with E-state index in [2.05, 4.69) is 10.7 Å². The van der Waals surface area contributed by atoms with Gasteiger partial charge in [-0.15, -0.1) is 0 Å². The first-order valence-corrected chi connectivity index (χ1v) is 5.45. The largest absolute Gasteiger partial charge is 0.335 e. The maximum Gasteiger partial charge on any atom is 0.335 e. The third-order valence-electron chi connectivity index (χ3n) is 1.88. The zero-order chi connectivity index (χ0) is 12.3. The molecule has 7 heteroatoms. The number of halogens is 3. The van der Waals surface area contributed by atoms with Crippen LogP contribution in [0.2, 0.25) is 15.1 Å². The molecule has 0 bridgehead atoms. The minimum Gasteiger partial charge on any atom is -0.304 e. The summed E-state index contributed by atoms with van der Waals surface area (Å²) < 4.78 is 0. The van der Waals surface area contributed by atoms with Gasteiger partial charge in [0.1, 0.15) is 0 Å². The van der Waals surface area contributed by atoms with E-state index in [1.165, 1.54) is 17.1 Å². The highest BCUT2D eigenvalue weighted by atomic mass is 35.5. The molecule has 0 radical (unpaired) electrons. The Hall–Kier alpha value is -0.680. The number of rotatable bonds is 2. The first kappa shape index (κ1) is 13.4. The van der Waals surface area contributed by atoms with Crippen LogP contribution in [0.1, 0.15) is 0 Å². The quantitative estimate of drug-likeness (QED) is 0.818. The third kappa shape index (κ3) is 3.15. The molecule has 0 aromatic heterocycles. The molecule has 4 nitrogen and oxygen atoms in total. The van der Waals surface area contributed by atoms with Gasteiger partial charge in [0.2, 0.25) is 0 Å². The SMILES string of the molecule is CNN(C)C(=O)Nc1c(Cl)cc(Cl)cc1Cl. The van der Waals surface area contributed by atoms with Crippen molar-refractivity contribution in [3.05, 3.63) is 27.2 Å². The zero-order valence-electron chi connectivity index (χ0n) is 8.64. The number of anilines is 1. The highest BCUT2D eigenvalue weighted by Crippen LogP contribution is 2.33. The molecule has 0 fully saturated rings. The van der Waals surface area contributed by atoms with Crippen LogP contribution in [-0.4, -0.2) is 25.1 Å². The lowest BCUT2D eigenvalue weighted by Gasteiger charge is -2.17. The molecule has 0 spiro atoms. The van der Waals surface area contributed by atoms with Gasteiger partial charge < -0.3 is 5.32 Å². The van der Waals surface area contributed by atoms with Crippen molar-refractivity contribution >= 4 is 46.5 Å². The third-order valence-corrected chi connectivity index (χ3v) is 2.69. The lowest BCUT2D eigenvalue weighted by molar-refractivity contribution is 0.207. The summed E-state index contributed by atoms with van der Waals surface area (Å²) in [6.07, 6.45) is 0. The van der Waals surface area contributed by atoms with Crippen LogP contribution in [0.5, 0.6) is 0 Å². The van der Waals surface area contributed by atoms with Crippen molar-refractivity contribution in [3.63, 3.8) is 0 Å². The van der Waals surface area contributed by atoms with Crippen LogP contribution < -0.4 is 10.7 Å². The second kappa shape index (κ2) is 5.59. The Kier molecular flexibility index (Phi) is 4.68. The molecule has 1 aromatic carbocycles. The monoisotopic (exact) mass is 281 g/mol. The maximum atomic E-state index is 11.5. The van der Waals surface area contributed by atoms with Gasteiger partial charge in [0.15, 0.2) is 0 Å². The van der Waals surface area contributed by atoms with E-state index in [0.717, 1.165) is 0 Å². The molecule has 2 N–H and O–H groups in total. The Morgan fingerprint density at radius 3 is 2.19 bits per heavy atom. The lowest BCUT2D eigenvalue weighted by Crippen LogP contribution is -2.39. The molecule has 0 atom stereocenters. The number of nitrogens with zero attached hydrogens (tertiary/aromatic N) is 1. The summed E-state index contributed by atoms with van der Waals surface area (Å²) in [5, 5.41) is 4.80. The van der Waals surface area contributed by atoms with Gasteiger partial charge >= 0.3 is 6.03 Å². The molecule has 0 aliphatic carbocycles. The molecule has 0 aliphatic heterocycles. The van der Waals surface area contributed by atoms with E-state index in [9.17, 15) is 4.79 Å². The molecular weight excluding hydrogens is 272 g/mol. The number of urea groups is 1. The van der Waals surface area contributed by atoms with Gasteiger partial charge in [-0.25, -0.2) is 10.2 Å². The summed E-state index contributed by atoms with van der Waals surface area (Å²) in [4.78, 5) is 11.5. The Morgan fingerprint density at radius 1 is 1.25 bits per heavy atom. The molecule has 0 saturated carbocycles. The predicted molar refractivity (Wildman–Crippen MR) is 67.3 cm³/mol. The highest BCUT2D eigenvalue weighted by molar-refractivity contribution is 6.42. The molecule has 1 rings (SSSR count). The predicted octanol–water partition coefficient (Wildman–Crippen LogP) is 3.24. The molecule has 88 valence electrons. The number of benzene rings is 1. The van der Waals surface area contributed by atoms with Crippen molar-refractivity contribution in [2.45, 2.75) is 0 Å². The van der Waals surface area contributed by atoms with Crippen LogP contribution in [-0.2, 0) is 0 Å². The normalized spacial score (nSPS) is 10.1. The molecule has 2 amide bonds. The first-order chi connectivity index (χ1) is 7.45. The van der Waals surface area contributed by atoms with Crippen molar-refractivity contribution < 1.29 is 4.79 Å². The summed E-state index contributed by atoms with van der Waals surface area (Å²) in [7, 11) is 3.18. The van der Waals surface area contributed by atoms with Crippen molar-refractivity contribution in [3.8, 4) is 0 Å². The lowest BCUT2D eigenvalue weighted by atomic mass is 10.3. The molecular formula is C9H10Cl3N3O. The van der Waals surface area contributed by atoms with E-state index in [4.69, 9.17) is 34.8 Å². The van der Waals surface area contributed by atoms with Crippen LogP contribution in [0.4, 0.5) is 10.5 Å². The van der Waals surface area contributed by atoms with Crippen molar-refractivity contribution in [2.75, 3.05) is 19.4 Å². The fraction of sp³-hybridized carbons (Fsp3) is 0.222. The summed E-state index contributed by atoms with van der Waals surface area (Å²) in [5.41, 5.74) is 2.98. The summed E-state index contributed by atoms with van der Waals surface area (Å²) in [6, 6.07) is 2.63. The zero-order valence-corrected chi connectivity index (χ0v) is 10.9. The van der Waals surface area contributed by atoms with Gasteiger partial charge in [0, 0.05) is 19.1 Å². The van der Waals surface area contributed by atoms with Crippen LogP contribution >= 0.6 is 34.8 Å². The Balaban J connectivity index is 2.93. The molecule has 16 heavy (non-hydrogen) atoms. The standard InChI is InChI=1S/C9H10Cl3N3O/c1-13-15(2)9(16)14-8-6(11)3-5(10)4-7(8)12/h3-4,13H,1-2H3,(H,14,16). The number of carbonyl (C=O) groups is 1. The van der Waals surface area contributed by atoms with Crippen LogP contribution in [0.25, 0.3) is 0 Å². The number of nitrogens with one attached hydrogen (secondary N) is 2.